The van der Waals surface area contributed by atoms with E-state index in [1.165, 1.54) is 6.07 Å². The van der Waals surface area contributed by atoms with Crippen molar-refractivity contribution in [1.82, 2.24) is 0 Å². The zero-order valence-electron chi connectivity index (χ0n) is 6.90. The molecule has 0 spiro atoms. The molecule has 1 atom stereocenters. The van der Waals surface area contributed by atoms with Crippen molar-refractivity contribution >= 4 is 11.1 Å². The molecule has 0 aliphatic carbocycles. The van der Waals surface area contributed by atoms with E-state index in [0.717, 1.165) is 0 Å². The zero-order valence-corrected chi connectivity index (χ0v) is 7.72. The van der Waals surface area contributed by atoms with Gasteiger partial charge in [-0.15, -0.1) is 0 Å². The monoisotopic (exact) mass is 178 g/mol. The van der Waals surface area contributed by atoms with Crippen LogP contribution < -0.4 is 18.9 Å². The van der Waals surface area contributed by atoms with Gasteiger partial charge in [-0.2, -0.15) is 0 Å². The van der Waals surface area contributed by atoms with E-state index in [2.05, 4.69) is 0 Å². The summed E-state index contributed by atoms with van der Waals surface area (Å²) < 4.78 is 20.8. The molecule has 60 valence electrons. The summed E-state index contributed by atoms with van der Waals surface area (Å²) in [6.07, 6.45) is 0. The summed E-state index contributed by atoms with van der Waals surface area (Å²) in [6, 6.07) is 4.58. The van der Waals surface area contributed by atoms with Gasteiger partial charge in [0.1, 0.15) is 5.75 Å². The van der Waals surface area contributed by atoms with Crippen molar-refractivity contribution in [2.45, 2.75) is 11.8 Å². The van der Waals surface area contributed by atoms with Gasteiger partial charge in [0.15, 0.2) is 0 Å². The van der Waals surface area contributed by atoms with Gasteiger partial charge in [0.2, 0.25) is 0 Å². The maximum absolute atomic E-state index is 10.4. The third-order valence-electron chi connectivity index (χ3n) is 1.38. The topological polar surface area (TPSA) is 60.4 Å². The number of benzene rings is 1. The fourth-order valence-electron chi connectivity index (χ4n) is 0.767. The van der Waals surface area contributed by atoms with Crippen LogP contribution in [0, 0.1) is 6.92 Å². The Morgan fingerprint density at radius 1 is 1.50 bits per heavy atom. The molecule has 1 unspecified atom stereocenters. The second kappa shape index (κ2) is 4.68. The number of phenolic OH excluding ortho intramolecular Hbond substituents is 1. The van der Waals surface area contributed by atoms with Crippen LogP contribution in [0.15, 0.2) is 23.1 Å². The molecule has 0 aliphatic rings. The Labute approximate surface area is 85.3 Å². The van der Waals surface area contributed by atoms with Crippen LogP contribution in [0.1, 0.15) is 5.56 Å². The number of phenols is 1. The normalized spacial score (nSPS) is 11.8. The van der Waals surface area contributed by atoms with Crippen LogP contribution in [-0.4, -0.2) is 13.9 Å². The van der Waals surface area contributed by atoms with Crippen molar-refractivity contribution in [1.29, 1.82) is 0 Å². The van der Waals surface area contributed by atoms with Gasteiger partial charge in [0.25, 0.3) is 0 Å². The van der Waals surface area contributed by atoms with E-state index in [1.807, 2.05) is 0 Å². The van der Waals surface area contributed by atoms with Gasteiger partial charge in [-0.1, -0.05) is 12.1 Å². The van der Waals surface area contributed by atoms with E-state index in [-0.39, 0.29) is 29.5 Å². The van der Waals surface area contributed by atoms with E-state index < -0.39 is 11.1 Å². The van der Waals surface area contributed by atoms with Gasteiger partial charge in [0, 0.05) is 0 Å². The van der Waals surface area contributed by atoms with E-state index in [9.17, 15) is 13.9 Å². The summed E-state index contributed by atoms with van der Waals surface area (Å²) in [5, 5.41) is 9.17. The Hall–Kier alpha value is -0.273. The molecule has 1 aromatic rings. The minimum atomic E-state index is -2.35. The quantitative estimate of drug-likeness (QED) is 0.397. The predicted octanol–water partition coefficient (Wildman–Crippen LogP) is -2.06. The maximum atomic E-state index is 10.4. The van der Waals surface area contributed by atoms with Crippen LogP contribution in [0.4, 0.5) is 0 Å². The molecule has 1 N–H and O–H groups in total. The second-order valence-corrected chi connectivity index (χ2v) is 3.07. The molecule has 0 saturated carbocycles. The van der Waals surface area contributed by atoms with E-state index in [4.69, 9.17) is 0 Å². The van der Waals surface area contributed by atoms with Crippen molar-refractivity contribution in [3.05, 3.63) is 23.8 Å². The summed E-state index contributed by atoms with van der Waals surface area (Å²) in [5.41, 5.74) is 0.562. The van der Waals surface area contributed by atoms with Crippen molar-refractivity contribution in [3.8, 4) is 5.75 Å². The van der Waals surface area contributed by atoms with Gasteiger partial charge in [-0.05, 0) is 29.6 Å². The third kappa shape index (κ3) is 2.36. The molecule has 0 saturated heterocycles. The Bertz CT molecular complexity index is 301. The van der Waals surface area contributed by atoms with Crippen LogP contribution in [0.5, 0.6) is 5.75 Å². The maximum Gasteiger partial charge on any atom is 1.00 e. The van der Waals surface area contributed by atoms with Gasteiger partial charge < -0.3 is 9.66 Å². The zero-order chi connectivity index (χ0) is 8.43. The number of rotatable bonds is 1. The molecule has 0 amide bonds. The number of hydrogen-bond donors (Lipinski definition) is 1. The van der Waals surface area contributed by atoms with Gasteiger partial charge in [-0.25, -0.2) is 0 Å². The summed E-state index contributed by atoms with van der Waals surface area (Å²) in [5.74, 6) is -0.166. The summed E-state index contributed by atoms with van der Waals surface area (Å²) >= 11 is -2.35. The molecule has 0 aromatic heterocycles. The van der Waals surface area contributed by atoms with Crippen LogP contribution in [0.3, 0.4) is 0 Å². The molecule has 0 fully saturated rings. The molecular formula is C7H7LiO3S. The molecule has 1 rings (SSSR count). The first-order valence-electron chi connectivity index (χ1n) is 3.01. The first kappa shape index (κ1) is 11.7. The average molecular weight is 178 g/mol. The molecule has 0 aliphatic heterocycles. The fraction of sp³-hybridized carbons (Fsp3) is 0.143. The molecule has 12 heavy (non-hydrogen) atoms. The first-order chi connectivity index (χ1) is 5.13. The Morgan fingerprint density at radius 3 is 2.50 bits per heavy atom. The van der Waals surface area contributed by atoms with Crippen LogP contribution in [0.2, 0.25) is 0 Å². The fourth-order valence-corrected chi connectivity index (χ4v) is 1.28. The Kier molecular flexibility index (Phi) is 4.57. The van der Waals surface area contributed by atoms with Crippen molar-refractivity contribution in [2.75, 3.05) is 0 Å². The van der Waals surface area contributed by atoms with E-state index in [1.54, 1.807) is 19.1 Å². The molecule has 0 bridgehead atoms. The number of para-hydroxylation sites is 1. The van der Waals surface area contributed by atoms with Crippen LogP contribution in [-0.2, 0) is 11.1 Å². The van der Waals surface area contributed by atoms with E-state index in [0.29, 0.717) is 5.56 Å². The second-order valence-electron chi connectivity index (χ2n) is 2.16. The molecular weight excluding hydrogens is 171 g/mol. The molecule has 3 nitrogen and oxygen atoms in total. The smallest absolute Gasteiger partial charge is 0.768 e. The third-order valence-corrected chi connectivity index (χ3v) is 2.07. The molecule has 5 heteroatoms. The Morgan fingerprint density at radius 2 is 2.08 bits per heavy atom. The number of hydrogen-bond acceptors (Lipinski definition) is 3. The van der Waals surface area contributed by atoms with Crippen molar-refractivity contribution in [3.63, 3.8) is 0 Å². The van der Waals surface area contributed by atoms with Gasteiger partial charge in [-0.3, -0.25) is 4.21 Å². The predicted molar refractivity (Wildman–Crippen MR) is 40.0 cm³/mol. The molecule has 0 radical (unpaired) electrons. The Balaban J connectivity index is 0.00000121. The van der Waals surface area contributed by atoms with Crippen LogP contribution >= 0.6 is 0 Å². The summed E-state index contributed by atoms with van der Waals surface area (Å²) in [6.45, 7) is 1.64. The van der Waals surface area contributed by atoms with Gasteiger partial charge >= 0.3 is 18.9 Å². The number of aryl methyl sites for hydroxylation is 1. The minimum absolute atomic E-state index is 0. The van der Waals surface area contributed by atoms with Crippen LogP contribution in [0.25, 0.3) is 0 Å². The first-order valence-corrected chi connectivity index (χ1v) is 4.08. The minimum Gasteiger partial charge on any atom is -0.768 e. The standard InChI is InChI=1S/C7H8O3S.Li/c1-5-3-2-4-6(7(5)8)11(9)10;/h2-4,8H,1H3,(H,9,10);/q;+1/p-1. The van der Waals surface area contributed by atoms with Crippen molar-refractivity contribution in [2.24, 2.45) is 0 Å². The van der Waals surface area contributed by atoms with Crippen molar-refractivity contribution < 1.29 is 32.7 Å². The summed E-state index contributed by atoms with van der Waals surface area (Å²) in [7, 11) is 0. The van der Waals surface area contributed by atoms with E-state index >= 15 is 0 Å². The van der Waals surface area contributed by atoms with Gasteiger partial charge in [0.05, 0.1) is 4.90 Å². The SMILES string of the molecule is Cc1cccc(S(=O)[O-])c1O.[Li+]. The largest absolute Gasteiger partial charge is 1.00 e. The average Bonchev–Trinajstić information content (AvgIpc) is 1.94. The molecule has 0 heterocycles. The molecule has 1 aromatic carbocycles. The number of aromatic hydroxyl groups is 1. The summed E-state index contributed by atoms with van der Waals surface area (Å²) in [4.78, 5) is -0.0509.